The summed E-state index contributed by atoms with van der Waals surface area (Å²) in [5.41, 5.74) is 7.82. The van der Waals surface area contributed by atoms with Crippen molar-refractivity contribution in [3.63, 3.8) is 0 Å². The van der Waals surface area contributed by atoms with Crippen LogP contribution in [0.15, 0.2) is 36.5 Å². The van der Waals surface area contributed by atoms with E-state index in [1.165, 1.54) is 37.4 Å². The summed E-state index contributed by atoms with van der Waals surface area (Å²) < 4.78 is 19.5. The molecule has 2 aromatic rings. The molecule has 4 aliphatic heterocycles. The number of aromatic nitrogens is 1. The predicted octanol–water partition coefficient (Wildman–Crippen LogP) is 5.29. The van der Waals surface area contributed by atoms with Crippen molar-refractivity contribution in [1.29, 1.82) is 0 Å². The number of benzene rings is 1. The van der Waals surface area contributed by atoms with Crippen LogP contribution in [-0.4, -0.2) is 55.6 Å². The maximum Gasteiger partial charge on any atom is 0.404 e. The second-order valence-corrected chi connectivity index (χ2v) is 12.4. The van der Waals surface area contributed by atoms with Crippen molar-refractivity contribution >= 4 is 29.6 Å². The summed E-state index contributed by atoms with van der Waals surface area (Å²) in [5.74, 6) is 3.12. The Kier molecular flexibility index (Phi) is 8.30. The van der Waals surface area contributed by atoms with Crippen molar-refractivity contribution < 1.29 is 18.7 Å². The molecule has 0 spiro atoms. The molecule has 5 aliphatic rings. The lowest BCUT2D eigenvalue weighted by Gasteiger charge is -2.54. The molecule has 220 valence electrons. The summed E-state index contributed by atoms with van der Waals surface area (Å²) in [4.78, 5) is 33.8. The third-order valence-electron chi connectivity index (χ3n) is 9.94. The lowest BCUT2D eigenvalue weighted by atomic mass is 9.60. The van der Waals surface area contributed by atoms with Gasteiger partial charge < -0.3 is 30.0 Å². The average molecular weight is 564 g/mol. The van der Waals surface area contributed by atoms with E-state index in [9.17, 15) is 14.0 Å². The van der Waals surface area contributed by atoms with Gasteiger partial charge in [-0.15, -0.1) is 0 Å². The molecule has 2 bridgehead atoms. The minimum atomic E-state index is -0.862. The van der Waals surface area contributed by atoms with Crippen LogP contribution in [0.25, 0.3) is 0 Å². The molecule has 1 aromatic heterocycles. The SMILES string of the molecule is NC(=O)OCc1cc(F)cc(N2CCC[C@@H]3[C@H]2CCN3c2cc(N3C[C@H]4C[C@@H](C3)C4CCCCCC=O)ccn2)c1. The van der Waals surface area contributed by atoms with Crippen molar-refractivity contribution in [3.8, 4) is 0 Å². The number of hydrogen-bond acceptors (Lipinski definition) is 7. The number of carbonyl (C=O) groups excluding carboxylic acids is 2. The van der Waals surface area contributed by atoms with Crippen LogP contribution in [0.4, 0.5) is 26.4 Å². The Bertz CT molecular complexity index is 1230. The second-order valence-electron chi connectivity index (χ2n) is 12.4. The smallest absolute Gasteiger partial charge is 0.404 e. The standard InChI is InChI=1S/C32H42FN5O3/c33-25-14-22(21-41-32(34)40)15-27(17-25)37-11-5-7-29-30(37)9-12-38(29)31-18-26(8-10-35-31)36-19-23-16-24(20-36)28(23)6-3-1-2-4-13-39/h8,10,13-15,17-18,23-24,28-30H,1-7,9,11-12,16,19-21H2,(H2,34,40)/t23-,24+,28?,29-,30-/m1/s1. The number of piperidine rings is 3. The topological polar surface area (TPSA) is 92.0 Å². The van der Waals surface area contributed by atoms with E-state index in [0.29, 0.717) is 18.0 Å². The molecule has 0 radical (unpaired) electrons. The lowest BCUT2D eigenvalue weighted by Crippen LogP contribution is -2.55. The van der Waals surface area contributed by atoms with Gasteiger partial charge in [-0.05, 0) is 86.1 Å². The van der Waals surface area contributed by atoms with Crippen molar-refractivity contribution in [1.82, 2.24) is 4.98 Å². The number of pyridine rings is 1. The summed E-state index contributed by atoms with van der Waals surface area (Å²) in [6.07, 6.45) is 12.0. The average Bonchev–Trinajstić information content (AvgIpc) is 3.42. The molecule has 4 saturated heterocycles. The molecule has 5 atom stereocenters. The number of amides is 1. The van der Waals surface area contributed by atoms with Crippen LogP contribution in [0.2, 0.25) is 0 Å². The summed E-state index contributed by atoms with van der Waals surface area (Å²) in [6, 6.07) is 9.92. The molecule has 7 rings (SSSR count). The van der Waals surface area contributed by atoms with Crippen LogP contribution < -0.4 is 20.4 Å². The van der Waals surface area contributed by atoms with Gasteiger partial charge in [-0.3, -0.25) is 0 Å². The number of rotatable bonds is 11. The largest absolute Gasteiger partial charge is 0.445 e. The molecule has 1 aliphatic carbocycles. The highest BCUT2D eigenvalue weighted by molar-refractivity contribution is 5.64. The number of nitrogens with two attached hydrogens (primary N) is 1. The molecular formula is C32H42FN5O3. The van der Waals surface area contributed by atoms with E-state index < -0.39 is 6.09 Å². The number of nitrogens with zero attached hydrogens (tertiary/aromatic N) is 4. The van der Waals surface area contributed by atoms with Crippen LogP contribution in [0.1, 0.15) is 63.4 Å². The van der Waals surface area contributed by atoms with Gasteiger partial charge in [-0.25, -0.2) is 14.2 Å². The molecular weight excluding hydrogens is 521 g/mol. The number of halogens is 1. The van der Waals surface area contributed by atoms with Gasteiger partial charge in [0, 0.05) is 56.2 Å². The van der Waals surface area contributed by atoms with Crippen LogP contribution in [0.5, 0.6) is 0 Å². The minimum Gasteiger partial charge on any atom is -0.445 e. The number of primary amides is 1. The zero-order valence-corrected chi connectivity index (χ0v) is 23.8. The summed E-state index contributed by atoms with van der Waals surface area (Å²) in [5, 5.41) is 0. The van der Waals surface area contributed by atoms with Crippen molar-refractivity contribution in [2.45, 2.75) is 76.5 Å². The van der Waals surface area contributed by atoms with Gasteiger partial charge >= 0.3 is 6.09 Å². The first kappa shape index (κ1) is 27.8. The van der Waals surface area contributed by atoms with Crippen LogP contribution >= 0.6 is 0 Å². The van der Waals surface area contributed by atoms with Crippen molar-refractivity contribution in [3.05, 3.63) is 47.9 Å². The Morgan fingerprint density at radius 3 is 2.66 bits per heavy atom. The zero-order chi connectivity index (χ0) is 28.3. The lowest BCUT2D eigenvalue weighted by molar-refractivity contribution is -0.107. The van der Waals surface area contributed by atoms with Gasteiger partial charge in [0.15, 0.2) is 0 Å². The van der Waals surface area contributed by atoms with Gasteiger partial charge in [0.2, 0.25) is 0 Å². The zero-order valence-electron chi connectivity index (χ0n) is 23.8. The number of aldehydes is 1. The molecule has 2 N–H and O–H groups in total. The van der Waals surface area contributed by atoms with Crippen molar-refractivity contribution in [2.75, 3.05) is 40.9 Å². The number of anilines is 3. The fraction of sp³-hybridized carbons (Fsp3) is 0.594. The second kappa shape index (κ2) is 12.2. The van der Waals surface area contributed by atoms with E-state index in [1.807, 2.05) is 12.3 Å². The monoisotopic (exact) mass is 563 g/mol. The fourth-order valence-corrected chi connectivity index (χ4v) is 8.04. The third-order valence-corrected chi connectivity index (χ3v) is 9.94. The number of ether oxygens (including phenoxy) is 1. The molecule has 1 saturated carbocycles. The van der Waals surface area contributed by atoms with E-state index in [1.54, 1.807) is 6.07 Å². The minimum absolute atomic E-state index is 0.0365. The Balaban J connectivity index is 1.10. The first-order chi connectivity index (χ1) is 20.0. The van der Waals surface area contributed by atoms with Gasteiger partial charge in [0.05, 0.1) is 12.1 Å². The molecule has 5 heterocycles. The van der Waals surface area contributed by atoms with Crippen LogP contribution in [0, 0.1) is 23.6 Å². The maximum atomic E-state index is 14.5. The molecule has 1 amide bonds. The Morgan fingerprint density at radius 2 is 1.85 bits per heavy atom. The fourth-order valence-electron chi connectivity index (χ4n) is 8.04. The highest BCUT2D eigenvalue weighted by Crippen LogP contribution is 2.49. The van der Waals surface area contributed by atoms with E-state index >= 15 is 0 Å². The van der Waals surface area contributed by atoms with Gasteiger partial charge in [-0.1, -0.05) is 12.8 Å². The first-order valence-electron chi connectivity index (χ1n) is 15.4. The normalized spacial score (nSPS) is 26.9. The van der Waals surface area contributed by atoms with E-state index in [0.717, 1.165) is 87.4 Å². The Morgan fingerprint density at radius 1 is 1.02 bits per heavy atom. The number of hydrogen-bond donors (Lipinski definition) is 1. The van der Waals surface area contributed by atoms with Crippen molar-refractivity contribution in [2.24, 2.45) is 23.5 Å². The highest BCUT2D eigenvalue weighted by atomic mass is 19.1. The number of fused-ring (bicyclic) bond motifs is 3. The molecule has 8 nitrogen and oxygen atoms in total. The third kappa shape index (κ3) is 5.99. The Hall–Kier alpha value is -3.36. The molecule has 41 heavy (non-hydrogen) atoms. The van der Waals surface area contributed by atoms with Gasteiger partial charge in [0.25, 0.3) is 0 Å². The predicted molar refractivity (Wildman–Crippen MR) is 158 cm³/mol. The molecule has 1 unspecified atom stereocenters. The molecule has 5 fully saturated rings. The quantitative estimate of drug-likeness (QED) is 0.294. The summed E-state index contributed by atoms with van der Waals surface area (Å²) in [7, 11) is 0. The highest BCUT2D eigenvalue weighted by Gasteiger charge is 2.46. The van der Waals surface area contributed by atoms with E-state index in [4.69, 9.17) is 15.5 Å². The van der Waals surface area contributed by atoms with Gasteiger partial charge in [0.1, 0.15) is 24.5 Å². The molecule has 9 heteroatoms. The first-order valence-corrected chi connectivity index (χ1v) is 15.4. The van der Waals surface area contributed by atoms with Gasteiger partial charge in [-0.2, -0.15) is 0 Å². The summed E-state index contributed by atoms with van der Waals surface area (Å²) >= 11 is 0. The van der Waals surface area contributed by atoms with Crippen LogP contribution in [0.3, 0.4) is 0 Å². The maximum absolute atomic E-state index is 14.5. The summed E-state index contributed by atoms with van der Waals surface area (Å²) in [6.45, 7) is 4.01. The number of carbonyl (C=O) groups is 2. The Labute approximate surface area is 242 Å². The molecule has 1 aromatic carbocycles. The van der Waals surface area contributed by atoms with E-state index in [-0.39, 0.29) is 18.5 Å². The van der Waals surface area contributed by atoms with E-state index in [2.05, 4.69) is 26.8 Å². The number of unbranched alkanes of at least 4 members (excludes halogenated alkanes) is 3. The van der Waals surface area contributed by atoms with Crippen LogP contribution in [-0.2, 0) is 16.1 Å².